The van der Waals surface area contributed by atoms with E-state index in [1.165, 1.54) is 0 Å². The van der Waals surface area contributed by atoms with Crippen molar-refractivity contribution in [2.75, 3.05) is 26.3 Å². The first-order chi connectivity index (χ1) is 12.3. The molecule has 2 fully saturated rings. The summed E-state index contributed by atoms with van der Waals surface area (Å²) in [5.41, 5.74) is 1.82. The molecule has 0 atom stereocenters. The summed E-state index contributed by atoms with van der Waals surface area (Å²) in [5.74, 6) is 0.553. The number of hydrogen-bond acceptors (Lipinski definition) is 6. The van der Waals surface area contributed by atoms with Crippen LogP contribution in [0, 0.1) is 5.92 Å². The van der Waals surface area contributed by atoms with Gasteiger partial charge in [0.05, 0.1) is 25.3 Å². The van der Waals surface area contributed by atoms with Crippen LogP contribution in [-0.4, -0.2) is 53.4 Å². The van der Waals surface area contributed by atoms with E-state index in [-0.39, 0.29) is 12.2 Å². The molecular weight excluding hydrogens is 338 g/mol. The van der Waals surface area contributed by atoms with Crippen molar-refractivity contribution in [3.05, 3.63) is 35.6 Å². The molecule has 7 heteroatoms. The molecule has 132 valence electrons. The molecule has 0 bridgehead atoms. The van der Waals surface area contributed by atoms with Crippen LogP contribution in [-0.2, 0) is 20.7 Å². The SMILES string of the molecule is O=C(Cc1csc(-c2cccnc2)n1)N1CCC(C2OCCO2)CC1. The monoisotopic (exact) mass is 359 g/mol. The third-order valence-electron chi connectivity index (χ3n) is 4.72. The van der Waals surface area contributed by atoms with Crippen LogP contribution in [0.15, 0.2) is 29.9 Å². The highest BCUT2D eigenvalue weighted by Crippen LogP contribution is 2.27. The molecule has 4 rings (SSSR count). The van der Waals surface area contributed by atoms with Crippen LogP contribution in [0.1, 0.15) is 18.5 Å². The normalized spacial score (nSPS) is 19.4. The maximum Gasteiger partial charge on any atom is 0.228 e. The van der Waals surface area contributed by atoms with Crippen LogP contribution in [0.3, 0.4) is 0 Å². The molecule has 2 aliphatic heterocycles. The summed E-state index contributed by atoms with van der Waals surface area (Å²) >= 11 is 1.55. The summed E-state index contributed by atoms with van der Waals surface area (Å²) in [6.07, 6.45) is 5.70. The fraction of sp³-hybridized carbons (Fsp3) is 0.500. The van der Waals surface area contributed by atoms with E-state index in [0.29, 0.717) is 25.6 Å². The van der Waals surface area contributed by atoms with E-state index in [1.807, 2.05) is 22.4 Å². The van der Waals surface area contributed by atoms with Crippen LogP contribution in [0.5, 0.6) is 0 Å². The van der Waals surface area contributed by atoms with Gasteiger partial charge >= 0.3 is 0 Å². The van der Waals surface area contributed by atoms with Gasteiger partial charge < -0.3 is 14.4 Å². The highest BCUT2D eigenvalue weighted by molar-refractivity contribution is 7.13. The van der Waals surface area contributed by atoms with Crippen LogP contribution in [0.2, 0.25) is 0 Å². The first-order valence-corrected chi connectivity index (χ1v) is 9.53. The van der Waals surface area contributed by atoms with Crippen LogP contribution < -0.4 is 0 Å². The van der Waals surface area contributed by atoms with Gasteiger partial charge in [-0.05, 0) is 25.0 Å². The van der Waals surface area contributed by atoms with E-state index >= 15 is 0 Å². The van der Waals surface area contributed by atoms with E-state index in [4.69, 9.17) is 9.47 Å². The largest absolute Gasteiger partial charge is 0.350 e. The second kappa shape index (κ2) is 7.59. The molecule has 0 aliphatic carbocycles. The molecule has 4 heterocycles. The summed E-state index contributed by atoms with van der Waals surface area (Å²) in [4.78, 5) is 23.2. The minimum Gasteiger partial charge on any atom is -0.350 e. The van der Waals surface area contributed by atoms with E-state index in [1.54, 1.807) is 23.7 Å². The molecule has 1 amide bonds. The number of rotatable bonds is 4. The molecule has 25 heavy (non-hydrogen) atoms. The number of aromatic nitrogens is 2. The van der Waals surface area contributed by atoms with Gasteiger partial charge in [-0.15, -0.1) is 11.3 Å². The molecule has 0 spiro atoms. The van der Waals surface area contributed by atoms with Crippen LogP contribution >= 0.6 is 11.3 Å². The quantitative estimate of drug-likeness (QED) is 0.838. The number of piperidine rings is 1. The zero-order valence-electron chi connectivity index (χ0n) is 14.0. The number of pyridine rings is 1. The Balaban J connectivity index is 1.31. The van der Waals surface area contributed by atoms with Crippen molar-refractivity contribution in [2.45, 2.75) is 25.6 Å². The van der Waals surface area contributed by atoms with E-state index in [2.05, 4.69) is 9.97 Å². The molecule has 0 unspecified atom stereocenters. The number of hydrogen-bond donors (Lipinski definition) is 0. The molecule has 2 saturated heterocycles. The van der Waals surface area contributed by atoms with Gasteiger partial charge in [0.2, 0.25) is 5.91 Å². The smallest absolute Gasteiger partial charge is 0.228 e. The molecule has 0 saturated carbocycles. The first kappa shape index (κ1) is 16.6. The maximum absolute atomic E-state index is 12.6. The maximum atomic E-state index is 12.6. The molecule has 6 nitrogen and oxygen atoms in total. The Morgan fingerprint density at radius 1 is 1.28 bits per heavy atom. The Bertz CT molecular complexity index is 707. The number of amides is 1. The zero-order valence-corrected chi connectivity index (χ0v) is 14.8. The average molecular weight is 359 g/mol. The van der Waals surface area contributed by atoms with Gasteiger partial charge in [0.15, 0.2) is 6.29 Å². The molecule has 0 N–H and O–H groups in total. The van der Waals surface area contributed by atoms with Gasteiger partial charge in [-0.3, -0.25) is 9.78 Å². The van der Waals surface area contributed by atoms with Crippen molar-refractivity contribution >= 4 is 17.2 Å². The van der Waals surface area contributed by atoms with Crippen molar-refractivity contribution in [1.29, 1.82) is 0 Å². The van der Waals surface area contributed by atoms with E-state index < -0.39 is 0 Å². The molecule has 2 aromatic heterocycles. The highest BCUT2D eigenvalue weighted by Gasteiger charge is 2.31. The number of thiazole rings is 1. The van der Waals surface area contributed by atoms with Gasteiger partial charge in [0, 0.05) is 42.3 Å². The minimum atomic E-state index is -0.0715. The molecule has 2 aliphatic rings. The molecule has 2 aromatic rings. The number of carbonyl (C=O) groups excluding carboxylic acids is 1. The topological polar surface area (TPSA) is 64.6 Å². The third-order valence-corrected chi connectivity index (χ3v) is 5.66. The minimum absolute atomic E-state index is 0.0715. The van der Waals surface area contributed by atoms with Crippen molar-refractivity contribution in [1.82, 2.24) is 14.9 Å². The Morgan fingerprint density at radius 3 is 2.80 bits per heavy atom. The lowest BCUT2D eigenvalue weighted by Crippen LogP contribution is -2.42. The zero-order chi connectivity index (χ0) is 17.1. The Morgan fingerprint density at radius 2 is 2.08 bits per heavy atom. The second-order valence-corrected chi connectivity index (χ2v) is 7.25. The predicted molar refractivity (Wildman–Crippen MR) is 94.0 cm³/mol. The van der Waals surface area contributed by atoms with Gasteiger partial charge in [0.25, 0.3) is 0 Å². The van der Waals surface area contributed by atoms with Crippen molar-refractivity contribution in [3.63, 3.8) is 0 Å². The van der Waals surface area contributed by atoms with Crippen molar-refractivity contribution in [3.8, 4) is 10.6 Å². The summed E-state index contributed by atoms with van der Waals surface area (Å²) in [6.45, 7) is 2.92. The molecular formula is C18H21N3O3S. The number of carbonyl (C=O) groups is 1. The van der Waals surface area contributed by atoms with Crippen LogP contribution in [0.25, 0.3) is 10.6 Å². The summed E-state index contributed by atoms with van der Waals surface area (Å²) in [5, 5.41) is 2.87. The first-order valence-electron chi connectivity index (χ1n) is 8.65. The fourth-order valence-corrected chi connectivity index (χ4v) is 4.16. The number of likely N-dealkylation sites (tertiary alicyclic amines) is 1. The lowest BCUT2D eigenvalue weighted by atomic mass is 9.96. The standard InChI is InChI=1S/C18H21N3O3S/c22-16(21-6-3-13(4-7-21)18-23-8-9-24-18)10-15-12-25-17(20-15)14-2-1-5-19-11-14/h1-2,5,11-13,18H,3-4,6-10H2. The lowest BCUT2D eigenvalue weighted by Gasteiger charge is -2.33. The highest BCUT2D eigenvalue weighted by atomic mass is 32.1. The fourth-order valence-electron chi connectivity index (χ4n) is 3.35. The summed E-state index contributed by atoms with van der Waals surface area (Å²) < 4.78 is 11.2. The van der Waals surface area contributed by atoms with E-state index in [9.17, 15) is 4.79 Å². The molecule has 0 radical (unpaired) electrons. The number of ether oxygens (including phenoxy) is 2. The average Bonchev–Trinajstić information content (AvgIpc) is 3.35. The van der Waals surface area contributed by atoms with Crippen molar-refractivity contribution < 1.29 is 14.3 Å². The Kier molecular flexibility index (Phi) is 5.05. The second-order valence-electron chi connectivity index (χ2n) is 6.39. The van der Waals surface area contributed by atoms with Crippen LogP contribution in [0.4, 0.5) is 0 Å². The van der Waals surface area contributed by atoms with Gasteiger partial charge in [-0.25, -0.2) is 4.98 Å². The van der Waals surface area contributed by atoms with Crippen molar-refractivity contribution in [2.24, 2.45) is 5.92 Å². The lowest BCUT2D eigenvalue weighted by molar-refractivity contribution is -0.136. The van der Waals surface area contributed by atoms with Gasteiger partial charge in [0.1, 0.15) is 5.01 Å². The van der Waals surface area contributed by atoms with Gasteiger partial charge in [-0.2, -0.15) is 0 Å². The Labute approximate surface area is 150 Å². The number of nitrogens with zero attached hydrogens (tertiary/aromatic N) is 3. The third kappa shape index (κ3) is 3.89. The van der Waals surface area contributed by atoms with E-state index in [0.717, 1.165) is 42.2 Å². The van der Waals surface area contributed by atoms with Gasteiger partial charge in [-0.1, -0.05) is 0 Å². The predicted octanol–water partition coefficient (Wildman–Crippen LogP) is 2.36. The summed E-state index contributed by atoms with van der Waals surface area (Å²) in [6, 6.07) is 3.87. The molecule has 0 aromatic carbocycles. The summed E-state index contributed by atoms with van der Waals surface area (Å²) in [7, 11) is 0. The Hall–Kier alpha value is -1.83.